The van der Waals surface area contributed by atoms with Crippen LogP contribution < -0.4 is 0 Å². The minimum absolute atomic E-state index is 0. The van der Waals surface area contributed by atoms with Gasteiger partial charge in [0.15, 0.2) is 0 Å². The van der Waals surface area contributed by atoms with Crippen molar-refractivity contribution < 1.29 is 19.1 Å². The van der Waals surface area contributed by atoms with Crippen LogP contribution in [0.5, 0.6) is 0 Å². The maximum absolute atomic E-state index is 10.4. The average molecular weight is 280 g/mol. The molecule has 1 unspecified atom stereocenters. The summed E-state index contributed by atoms with van der Waals surface area (Å²) in [6, 6.07) is 0. The third-order valence-corrected chi connectivity index (χ3v) is 3.64. The molecule has 0 aliphatic heterocycles. The summed E-state index contributed by atoms with van der Waals surface area (Å²) in [5, 5.41) is -1.26. The van der Waals surface area contributed by atoms with Crippen molar-refractivity contribution in [1.29, 1.82) is 0 Å². The number of hydrogen-bond acceptors (Lipinski definition) is 2. The van der Waals surface area contributed by atoms with E-state index < -0.39 is 17.5 Å². The van der Waals surface area contributed by atoms with E-state index in [0.29, 0.717) is 0 Å². The summed E-state index contributed by atoms with van der Waals surface area (Å²) >= 11 is 9.89. The molecule has 0 aromatic rings. The highest BCUT2D eigenvalue weighted by atomic mass is 35.5. The lowest BCUT2D eigenvalue weighted by molar-refractivity contribution is -0.112. The van der Waals surface area contributed by atoms with E-state index in [1.807, 2.05) is 0 Å². The minimum atomic E-state index is -4.64. The zero-order valence-corrected chi connectivity index (χ0v) is 9.77. The van der Waals surface area contributed by atoms with E-state index >= 15 is 0 Å². The Hall–Kier alpha value is 0.980. The van der Waals surface area contributed by atoms with E-state index in [-0.39, 0.29) is 24.8 Å². The molecule has 2 N–H and O–H groups in total. The minimum Gasteiger partial charge on any atom is -0.323 e. The fourth-order valence-corrected chi connectivity index (χ4v) is 0.674. The van der Waals surface area contributed by atoms with Gasteiger partial charge in [0, 0.05) is 0 Å². The molecular weight excluding hydrogens is 273 g/mol. The Morgan fingerprint density at radius 2 is 1.67 bits per heavy atom. The number of carbonyl (C=O) groups excluding carboxylic acids is 1. The fraction of sp³-hybridized carbons (Fsp3) is 0.667. The molecule has 0 saturated heterocycles. The van der Waals surface area contributed by atoms with Crippen molar-refractivity contribution in [3.8, 4) is 0 Å². The van der Waals surface area contributed by atoms with Crippen LogP contribution in [0.4, 0.5) is 0 Å². The Bertz CT molecular complexity index is 198. The van der Waals surface area contributed by atoms with Crippen LogP contribution in [0.15, 0.2) is 0 Å². The van der Waals surface area contributed by atoms with Gasteiger partial charge in [-0.3, -0.25) is 9.36 Å². The quantitative estimate of drug-likeness (QED) is 0.459. The fourth-order valence-electron chi connectivity index (χ4n) is 0.115. The summed E-state index contributed by atoms with van der Waals surface area (Å²) in [4.78, 5) is 27.0. The smallest absolute Gasteiger partial charge is 0.323 e. The first-order valence-corrected chi connectivity index (χ1v) is 4.51. The van der Waals surface area contributed by atoms with Gasteiger partial charge in [-0.05, 0) is 18.5 Å². The Balaban J connectivity index is -0.000000405. The first kappa shape index (κ1) is 18.7. The summed E-state index contributed by atoms with van der Waals surface area (Å²) < 4.78 is 8.05. The second-order valence-electron chi connectivity index (χ2n) is 1.77. The molecule has 0 saturated carbocycles. The van der Waals surface area contributed by atoms with Crippen molar-refractivity contribution in [2.75, 3.05) is 0 Å². The molecule has 0 amide bonds. The molecule has 76 valence electrons. The van der Waals surface area contributed by atoms with Gasteiger partial charge in [-0.1, -0.05) is 11.6 Å². The van der Waals surface area contributed by atoms with Crippen LogP contribution in [0, 0.1) is 0 Å². The number of carbonyl (C=O) groups is 1. The van der Waals surface area contributed by atoms with Crippen LogP contribution in [0.3, 0.4) is 0 Å². The first-order chi connectivity index (χ1) is 4.19. The summed E-state index contributed by atoms with van der Waals surface area (Å²) in [6.07, 6.45) is 0. The Morgan fingerprint density at radius 3 is 1.67 bits per heavy atom. The van der Waals surface area contributed by atoms with Gasteiger partial charge in [-0.25, -0.2) is 0 Å². The molecule has 0 aliphatic carbocycles. The van der Waals surface area contributed by atoms with E-state index in [4.69, 9.17) is 33.0 Å². The van der Waals surface area contributed by atoms with E-state index in [1.165, 1.54) is 0 Å². The van der Waals surface area contributed by atoms with E-state index in [1.54, 1.807) is 0 Å². The van der Waals surface area contributed by atoms with Gasteiger partial charge >= 0.3 is 7.60 Å². The third-order valence-electron chi connectivity index (χ3n) is 0.906. The highest BCUT2D eigenvalue weighted by Gasteiger charge is 2.46. The monoisotopic (exact) mass is 278 g/mol. The van der Waals surface area contributed by atoms with Crippen molar-refractivity contribution in [3.63, 3.8) is 0 Å². The molecule has 0 radical (unpaired) electrons. The topological polar surface area (TPSA) is 74.6 Å². The molecule has 0 rings (SSSR count). The predicted octanol–water partition coefficient (Wildman–Crippen LogP) is 1.73. The molecule has 12 heavy (non-hydrogen) atoms. The third kappa shape index (κ3) is 4.28. The van der Waals surface area contributed by atoms with E-state index in [2.05, 4.69) is 0 Å². The Kier molecular flexibility index (Phi) is 8.82. The highest BCUT2D eigenvalue weighted by Crippen LogP contribution is 2.54. The van der Waals surface area contributed by atoms with Crippen LogP contribution in [0.2, 0.25) is 0 Å². The zero-order valence-electron chi connectivity index (χ0n) is 5.73. The van der Waals surface area contributed by atoms with Crippen LogP contribution >= 0.6 is 55.6 Å². The molecule has 9 heteroatoms. The zero-order chi connectivity index (χ0) is 8.58. The van der Waals surface area contributed by atoms with Gasteiger partial charge in [-0.2, -0.15) is 0 Å². The van der Waals surface area contributed by atoms with Crippen LogP contribution in [-0.2, 0) is 9.36 Å². The molecule has 0 aromatic carbocycles. The molecule has 0 heterocycles. The largest absolute Gasteiger partial charge is 0.354 e. The van der Waals surface area contributed by atoms with Crippen molar-refractivity contribution in [2.45, 2.75) is 11.5 Å². The maximum Gasteiger partial charge on any atom is 0.354 e. The normalized spacial score (nSPS) is 15.1. The molecule has 1 atom stereocenters. The number of rotatable bonds is 2. The molecule has 0 aromatic heterocycles. The van der Waals surface area contributed by atoms with Crippen molar-refractivity contribution >= 4 is 60.9 Å². The lowest BCUT2D eigenvalue weighted by Crippen LogP contribution is -2.24. The number of hydrogen-bond donors (Lipinski definition) is 2. The van der Waals surface area contributed by atoms with Crippen molar-refractivity contribution in [2.24, 2.45) is 0 Å². The SMILES string of the molecule is CC(Cl)(C(=O)Cl)P(=O)(O)O.Cl.Cl. The van der Waals surface area contributed by atoms with Gasteiger partial charge < -0.3 is 9.79 Å². The van der Waals surface area contributed by atoms with E-state index in [0.717, 1.165) is 6.92 Å². The number of halogens is 4. The molecule has 0 bridgehead atoms. The molecule has 4 nitrogen and oxygen atoms in total. The molecule has 0 aliphatic rings. The lowest BCUT2D eigenvalue weighted by atomic mass is 10.5. The van der Waals surface area contributed by atoms with Gasteiger partial charge in [-0.15, -0.1) is 24.8 Å². The standard InChI is InChI=1S/C3H5Cl2O4P.2ClH/c1-3(5,2(4)6)10(7,8)9;;/h1H3,(H2,7,8,9);2*1H. The van der Waals surface area contributed by atoms with Gasteiger partial charge in [0.1, 0.15) is 0 Å². The highest BCUT2D eigenvalue weighted by molar-refractivity contribution is 7.57. The van der Waals surface area contributed by atoms with Crippen LogP contribution in [-0.4, -0.2) is 19.6 Å². The van der Waals surface area contributed by atoms with Crippen LogP contribution in [0.1, 0.15) is 6.92 Å². The summed E-state index contributed by atoms with van der Waals surface area (Å²) in [5.41, 5.74) is 0. The van der Waals surface area contributed by atoms with Gasteiger partial charge in [0.25, 0.3) is 5.24 Å². The van der Waals surface area contributed by atoms with E-state index in [9.17, 15) is 9.36 Å². The predicted molar refractivity (Wildman–Crippen MR) is 51.7 cm³/mol. The molecular formula is C3H7Cl4O4P. The Labute approximate surface area is 91.6 Å². The van der Waals surface area contributed by atoms with Crippen molar-refractivity contribution in [1.82, 2.24) is 0 Å². The second kappa shape index (κ2) is 5.66. The number of alkyl halides is 1. The van der Waals surface area contributed by atoms with Gasteiger partial charge in [0.2, 0.25) is 4.62 Å². The molecule has 0 spiro atoms. The summed E-state index contributed by atoms with van der Waals surface area (Å²) in [5.74, 6) is 0. The summed E-state index contributed by atoms with van der Waals surface area (Å²) in [7, 11) is -4.64. The molecule has 0 fully saturated rings. The van der Waals surface area contributed by atoms with Crippen molar-refractivity contribution in [3.05, 3.63) is 0 Å². The Morgan fingerprint density at radius 1 is 1.42 bits per heavy atom. The lowest BCUT2D eigenvalue weighted by Gasteiger charge is -2.17. The maximum atomic E-state index is 10.4. The van der Waals surface area contributed by atoms with Crippen LogP contribution in [0.25, 0.3) is 0 Å². The second-order valence-corrected chi connectivity index (χ2v) is 5.12. The average Bonchev–Trinajstić information content (AvgIpc) is 1.62. The summed E-state index contributed by atoms with van der Waals surface area (Å²) in [6.45, 7) is 0.866. The van der Waals surface area contributed by atoms with Gasteiger partial charge in [0.05, 0.1) is 0 Å². The first-order valence-electron chi connectivity index (χ1n) is 2.14.